The van der Waals surface area contributed by atoms with E-state index in [0.29, 0.717) is 23.7 Å². The first-order chi connectivity index (χ1) is 15.9. The number of rotatable bonds is 8. The van der Waals surface area contributed by atoms with Crippen molar-refractivity contribution in [1.82, 2.24) is 4.90 Å². The molecule has 5 nitrogen and oxygen atoms in total. The molecule has 0 spiro atoms. The lowest BCUT2D eigenvalue weighted by Crippen LogP contribution is -2.31. The first-order valence-electron chi connectivity index (χ1n) is 11.1. The van der Waals surface area contributed by atoms with Gasteiger partial charge in [-0.05, 0) is 53.8 Å². The van der Waals surface area contributed by atoms with Crippen LogP contribution in [-0.4, -0.2) is 23.3 Å². The zero-order chi connectivity index (χ0) is 23.4. The van der Waals surface area contributed by atoms with Gasteiger partial charge in [-0.25, -0.2) is 0 Å². The summed E-state index contributed by atoms with van der Waals surface area (Å²) in [5.41, 5.74) is 4.06. The summed E-state index contributed by atoms with van der Waals surface area (Å²) in [5, 5.41) is 3.22. The van der Waals surface area contributed by atoms with E-state index < -0.39 is 0 Å². The zero-order valence-corrected chi connectivity index (χ0v) is 19.2. The molecule has 3 aromatic carbocycles. The summed E-state index contributed by atoms with van der Waals surface area (Å²) in [4.78, 5) is 28.2. The standard InChI is InChI=1S/C28H28N2O3/c1-19(2)18-33-24-14-12-22(13-15-24)25-26(29-23-11-7-8-20(3)16-23)28(32)30(27(25)31)17-21-9-5-4-6-10-21/h4-16,19,29H,17-18H2,1-3H3. The Bertz CT molecular complexity index is 1180. The molecule has 0 fully saturated rings. The molecule has 2 amide bonds. The van der Waals surface area contributed by atoms with Crippen LogP contribution in [0.4, 0.5) is 5.69 Å². The number of nitrogens with zero attached hydrogens (tertiary/aromatic N) is 1. The molecule has 168 valence electrons. The topological polar surface area (TPSA) is 58.6 Å². The van der Waals surface area contributed by atoms with Crippen molar-refractivity contribution in [3.05, 3.63) is 101 Å². The van der Waals surface area contributed by atoms with Gasteiger partial charge in [0.2, 0.25) is 0 Å². The summed E-state index contributed by atoms with van der Waals surface area (Å²) in [5.74, 6) is 0.507. The minimum atomic E-state index is -0.333. The van der Waals surface area contributed by atoms with E-state index >= 15 is 0 Å². The van der Waals surface area contributed by atoms with Crippen molar-refractivity contribution in [1.29, 1.82) is 0 Å². The fraction of sp³-hybridized carbons (Fsp3) is 0.214. The average Bonchev–Trinajstić information content (AvgIpc) is 3.03. The van der Waals surface area contributed by atoms with Gasteiger partial charge in [0.25, 0.3) is 11.8 Å². The number of carbonyl (C=O) groups is 2. The summed E-state index contributed by atoms with van der Waals surface area (Å²) >= 11 is 0. The van der Waals surface area contributed by atoms with Gasteiger partial charge in [-0.1, -0.05) is 68.4 Å². The lowest BCUT2D eigenvalue weighted by molar-refractivity contribution is -0.137. The molecule has 1 heterocycles. The molecule has 33 heavy (non-hydrogen) atoms. The summed E-state index contributed by atoms with van der Waals surface area (Å²) < 4.78 is 5.77. The molecular formula is C28H28N2O3. The van der Waals surface area contributed by atoms with Crippen molar-refractivity contribution < 1.29 is 14.3 Å². The molecule has 0 bridgehead atoms. The smallest absolute Gasteiger partial charge is 0.278 e. The van der Waals surface area contributed by atoms with E-state index in [2.05, 4.69) is 19.2 Å². The van der Waals surface area contributed by atoms with Gasteiger partial charge < -0.3 is 10.1 Å². The van der Waals surface area contributed by atoms with Crippen molar-refractivity contribution in [2.45, 2.75) is 27.3 Å². The Morgan fingerprint density at radius 2 is 1.61 bits per heavy atom. The number of benzene rings is 3. The van der Waals surface area contributed by atoms with Crippen LogP contribution in [0.5, 0.6) is 5.75 Å². The van der Waals surface area contributed by atoms with Gasteiger partial charge in [-0.15, -0.1) is 0 Å². The van der Waals surface area contributed by atoms with Crippen LogP contribution in [0.25, 0.3) is 5.57 Å². The molecule has 0 aromatic heterocycles. The molecule has 5 heteroatoms. The summed E-state index contributed by atoms with van der Waals surface area (Å²) in [6.07, 6.45) is 0. The highest BCUT2D eigenvalue weighted by Crippen LogP contribution is 2.32. The molecule has 1 aliphatic rings. The highest BCUT2D eigenvalue weighted by molar-refractivity contribution is 6.36. The predicted molar refractivity (Wildman–Crippen MR) is 130 cm³/mol. The Morgan fingerprint density at radius 3 is 2.27 bits per heavy atom. The van der Waals surface area contributed by atoms with Crippen molar-refractivity contribution in [3.63, 3.8) is 0 Å². The van der Waals surface area contributed by atoms with Crippen molar-refractivity contribution in [2.75, 3.05) is 11.9 Å². The van der Waals surface area contributed by atoms with Crippen LogP contribution < -0.4 is 10.1 Å². The summed E-state index contributed by atoms with van der Waals surface area (Å²) in [7, 11) is 0. The number of imide groups is 1. The third-order valence-corrected chi connectivity index (χ3v) is 5.37. The van der Waals surface area contributed by atoms with E-state index in [0.717, 1.165) is 22.6 Å². The number of aryl methyl sites for hydroxylation is 1. The van der Waals surface area contributed by atoms with Crippen LogP contribution in [0.3, 0.4) is 0 Å². The van der Waals surface area contributed by atoms with Gasteiger partial charge in [0.15, 0.2) is 0 Å². The Morgan fingerprint density at radius 1 is 0.879 bits per heavy atom. The fourth-order valence-corrected chi connectivity index (χ4v) is 3.72. The molecule has 1 aliphatic heterocycles. The predicted octanol–water partition coefficient (Wildman–Crippen LogP) is 5.42. The lowest BCUT2D eigenvalue weighted by Gasteiger charge is -2.15. The van der Waals surface area contributed by atoms with Crippen LogP contribution in [0.2, 0.25) is 0 Å². The number of ether oxygens (including phenoxy) is 1. The molecule has 0 unspecified atom stereocenters. The lowest BCUT2D eigenvalue weighted by atomic mass is 10.0. The van der Waals surface area contributed by atoms with E-state index in [-0.39, 0.29) is 24.1 Å². The first-order valence-corrected chi connectivity index (χ1v) is 11.1. The number of carbonyl (C=O) groups excluding carboxylic acids is 2. The molecule has 0 atom stereocenters. The highest BCUT2D eigenvalue weighted by atomic mass is 16.5. The van der Waals surface area contributed by atoms with E-state index in [9.17, 15) is 9.59 Å². The van der Waals surface area contributed by atoms with Crippen LogP contribution in [0, 0.1) is 12.8 Å². The SMILES string of the molecule is Cc1cccc(NC2=C(c3ccc(OCC(C)C)cc3)C(=O)N(Cc3ccccc3)C2=O)c1. The third kappa shape index (κ3) is 5.14. The second-order valence-corrected chi connectivity index (χ2v) is 8.66. The largest absolute Gasteiger partial charge is 0.493 e. The maximum Gasteiger partial charge on any atom is 0.278 e. The van der Waals surface area contributed by atoms with Gasteiger partial charge in [0, 0.05) is 5.69 Å². The Kier molecular flexibility index (Phi) is 6.59. The van der Waals surface area contributed by atoms with Gasteiger partial charge in [-0.3, -0.25) is 14.5 Å². The third-order valence-electron chi connectivity index (χ3n) is 5.37. The van der Waals surface area contributed by atoms with E-state index in [1.54, 1.807) is 0 Å². The second-order valence-electron chi connectivity index (χ2n) is 8.66. The normalized spacial score (nSPS) is 13.8. The van der Waals surface area contributed by atoms with Crippen LogP contribution in [0.15, 0.2) is 84.6 Å². The molecule has 0 radical (unpaired) electrons. The van der Waals surface area contributed by atoms with Crippen molar-refractivity contribution in [2.24, 2.45) is 5.92 Å². The quantitative estimate of drug-likeness (QED) is 0.475. The Balaban J connectivity index is 1.68. The molecule has 4 rings (SSSR count). The number of hydrogen-bond donors (Lipinski definition) is 1. The maximum atomic E-state index is 13.5. The number of amides is 2. The molecule has 3 aromatic rings. The van der Waals surface area contributed by atoms with Gasteiger partial charge in [-0.2, -0.15) is 0 Å². The van der Waals surface area contributed by atoms with Crippen molar-refractivity contribution >= 4 is 23.1 Å². The van der Waals surface area contributed by atoms with Crippen LogP contribution >= 0.6 is 0 Å². The molecule has 0 saturated heterocycles. The van der Waals surface area contributed by atoms with E-state index in [1.807, 2.05) is 85.8 Å². The summed E-state index contributed by atoms with van der Waals surface area (Å²) in [6, 6.07) is 24.6. The molecular weight excluding hydrogens is 412 g/mol. The Hall–Kier alpha value is -3.86. The monoisotopic (exact) mass is 440 g/mol. The Labute approximate surface area is 194 Å². The van der Waals surface area contributed by atoms with Gasteiger partial charge >= 0.3 is 0 Å². The zero-order valence-electron chi connectivity index (χ0n) is 19.2. The molecule has 1 N–H and O–H groups in total. The summed E-state index contributed by atoms with van der Waals surface area (Å²) in [6.45, 7) is 7.00. The van der Waals surface area contributed by atoms with Crippen LogP contribution in [0.1, 0.15) is 30.5 Å². The number of anilines is 1. The fourth-order valence-electron chi connectivity index (χ4n) is 3.72. The average molecular weight is 441 g/mol. The highest BCUT2D eigenvalue weighted by Gasteiger charge is 2.39. The van der Waals surface area contributed by atoms with Crippen LogP contribution in [-0.2, 0) is 16.1 Å². The first kappa shape index (κ1) is 22.3. The van der Waals surface area contributed by atoms with E-state index in [4.69, 9.17) is 4.74 Å². The van der Waals surface area contributed by atoms with E-state index in [1.165, 1.54) is 4.90 Å². The van der Waals surface area contributed by atoms with Gasteiger partial charge in [0.05, 0.1) is 18.7 Å². The number of nitrogens with one attached hydrogen (secondary N) is 1. The second kappa shape index (κ2) is 9.74. The maximum absolute atomic E-state index is 13.5. The minimum Gasteiger partial charge on any atom is -0.493 e. The molecule has 0 saturated carbocycles. The number of hydrogen-bond acceptors (Lipinski definition) is 4. The minimum absolute atomic E-state index is 0.219. The van der Waals surface area contributed by atoms with Crippen molar-refractivity contribution in [3.8, 4) is 5.75 Å². The van der Waals surface area contributed by atoms with Gasteiger partial charge in [0.1, 0.15) is 11.4 Å². The molecule has 0 aliphatic carbocycles.